The standard InChI is InChI=1S/C26H35N3O6SSi/c1-26(2,3)35-25(32)28(4)23-20(24(31)33-5)27-22(36-23)21(30)18-15-29(16-34-13-14-37(6,7)8)19-12-10-9-11-17(18)19/h9-12,15H,13-14,16H2,1-8H3. The van der Waals surface area contributed by atoms with Crippen LogP contribution in [-0.2, 0) is 20.9 Å². The Labute approximate surface area is 222 Å². The smallest absolute Gasteiger partial charge is 0.415 e. The molecule has 1 aromatic carbocycles. The highest BCUT2D eigenvalue weighted by Gasteiger charge is 2.31. The normalized spacial score (nSPS) is 12.0. The zero-order chi connectivity index (χ0) is 27.5. The van der Waals surface area contributed by atoms with Gasteiger partial charge in [-0.3, -0.25) is 9.69 Å². The molecule has 1 amide bonds. The second-order valence-corrected chi connectivity index (χ2v) is 17.5. The third-order valence-electron chi connectivity index (χ3n) is 5.41. The highest BCUT2D eigenvalue weighted by molar-refractivity contribution is 7.18. The molecule has 3 aromatic rings. The number of hydrogen-bond donors (Lipinski definition) is 0. The summed E-state index contributed by atoms with van der Waals surface area (Å²) in [5, 5.41) is 0.981. The number of anilines is 1. The summed E-state index contributed by atoms with van der Waals surface area (Å²) in [5.41, 5.74) is 0.428. The Bertz CT molecular complexity index is 1300. The number of para-hydroxylation sites is 1. The molecule has 0 unspecified atom stereocenters. The van der Waals surface area contributed by atoms with E-state index in [4.69, 9.17) is 14.2 Å². The number of methoxy groups -OCH3 is 1. The van der Waals surface area contributed by atoms with Crippen molar-refractivity contribution in [1.29, 1.82) is 0 Å². The highest BCUT2D eigenvalue weighted by atomic mass is 32.1. The largest absolute Gasteiger partial charge is 0.464 e. The first-order chi connectivity index (χ1) is 17.2. The predicted octanol–water partition coefficient (Wildman–Crippen LogP) is 5.80. The monoisotopic (exact) mass is 545 g/mol. The van der Waals surface area contributed by atoms with E-state index in [-0.39, 0.29) is 21.5 Å². The summed E-state index contributed by atoms with van der Waals surface area (Å²) >= 11 is 0.938. The average molecular weight is 546 g/mol. The lowest BCUT2D eigenvalue weighted by Gasteiger charge is -2.23. The lowest BCUT2D eigenvalue weighted by molar-refractivity contribution is 0.0587. The van der Waals surface area contributed by atoms with Gasteiger partial charge in [0.25, 0.3) is 0 Å². The Kier molecular flexibility index (Phi) is 8.61. The number of carbonyl (C=O) groups excluding carboxylic acids is 3. The molecule has 0 atom stereocenters. The zero-order valence-electron chi connectivity index (χ0n) is 22.7. The molecule has 37 heavy (non-hydrogen) atoms. The van der Waals surface area contributed by atoms with Gasteiger partial charge in [-0.15, -0.1) is 0 Å². The first kappa shape index (κ1) is 28.5. The minimum Gasteiger partial charge on any atom is -0.464 e. The van der Waals surface area contributed by atoms with Gasteiger partial charge in [0.05, 0.1) is 18.2 Å². The molecule has 2 aromatic heterocycles. The van der Waals surface area contributed by atoms with Crippen molar-refractivity contribution in [3.8, 4) is 0 Å². The van der Waals surface area contributed by atoms with E-state index >= 15 is 0 Å². The van der Waals surface area contributed by atoms with E-state index in [0.717, 1.165) is 28.3 Å². The molecule has 0 aliphatic rings. The van der Waals surface area contributed by atoms with Crippen LogP contribution in [0.3, 0.4) is 0 Å². The first-order valence-corrected chi connectivity index (χ1v) is 16.5. The van der Waals surface area contributed by atoms with Gasteiger partial charge in [-0.05, 0) is 32.9 Å². The van der Waals surface area contributed by atoms with Crippen molar-refractivity contribution in [3.63, 3.8) is 0 Å². The van der Waals surface area contributed by atoms with E-state index < -0.39 is 25.7 Å². The van der Waals surface area contributed by atoms with Crippen LogP contribution in [0, 0.1) is 0 Å². The minimum absolute atomic E-state index is 0.0633. The highest BCUT2D eigenvalue weighted by Crippen LogP contribution is 2.33. The zero-order valence-corrected chi connectivity index (χ0v) is 24.5. The second kappa shape index (κ2) is 11.2. The Morgan fingerprint density at radius 2 is 1.81 bits per heavy atom. The van der Waals surface area contributed by atoms with E-state index in [0.29, 0.717) is 18.9 Å². The van der Waals surface area contributed by atoms with Crippen LogP contribution in [0.1, 0.15) is 46.6 Å². The Morgan fingerprint density at radius 1 is 1.14 bits per heavy atom. The van der Waals surface area contributed by atoms with Crippen molar-refractivity contribution in [2.45, 2.75) is 58.8 Å². The number of thiazole rings is 1. The minimum atomic E-state index is -1.22. The number of esters is 1. The van der Waals surface area contributed by atoms with Crippen molar-refractivity contribution in [2.24, 2.45) is 0 Å². The molecule has 9 nitrogen and oxygen atoms in total. The molecule has 0 radical (unpaired) electrons. The van der Waals surface area contributed by atoms with Crippen molar-refractivity contribution in [2.75, 3.05) is 25.7 Å². The summed E-state index contributed by atoms with van der Waals surface area (Å²) in [4.78, 5) is 44.2. The molecule has 0 saturated carbocycles. The number of hydrogen-bond acceptors (Lipinski definition) is 8. The van der Waals surface area contributed by atoms with Gasteiger partial charge in [-0.25, -0.2) is 14.6 Å². The van der Waals surface area contributed by atoms with E-state index in [9.17, 15) is 14.4 Å². The van der Waals surface area contributed by atoms with E-state index in [1.54, 1.807) is 27.0 Å². The fourth-order valence-corrected chi connectivity index (χ4v) is 5.19. The van der Waals surface area contributed by atoms with Crippen LogP contribution < -0.4 is 4.90 Å². The van der Waals surface area contributed by atoms with Gasteiger partial charge >= 0.3 is 12.1 Å². The van der Waals surface area contributed by atoms with Crippen LogP contribution in [0.25, 0.3) is 10.9 Å². The predicted molar refractivity (Wildman–Crippen MR) is 148 cm³/mol. The van der Waals surface area contributed by atoms with Gasteiger partial charge in [0, 0.05) is 33.3 Å². The molecule has 0 spiro atoms. The third kappa shape index (κ3) is 7.05. The molecular formula is C26H35N3O6SSi. The Balaban J connectivity index is 1.95. The summed E-state index contributed by atoms with van der Waals surface area (Å²) in [5.74, 6) is -1.12. The lowest BCUT2D eigenvalue weighted by atomic mass is 10.1. The molecule has 200 valence electrons. The second-order valence-electron chi connectivity index (χ2n) is 10.9. The van der Waals surface area contributed by atoms with Gasteiger partial charge in [0.1, 0.15) is 17.3 Å². The number of rotatable bonds is 9. The van der Waals surface area contributed by atoms with Crippen molar-refractivity contribution >= 4 is 53.2 Å². The molecule has 0 bridgehead atoms. The lowest BCUT2D eigenvalue weighted by Crippen LogP contribution is -2.34. The maximum absolute atomic E-state index is 13.6. The van der Waals surface area contributed by atoms with Gasteiger partial charge in [-0.2, -0.15) is 0 Å². The summed E-state index contributed by atoms with van der Waals surface area (Å²) in [6, 6.07) is 8.60. The number of nitrogens with zero attached hydrogens (tertiary/aromatic N) is 3. The van der Waals surface area contributed by atoms with Gasteiger partial charge < -0.3 is 18.8 Å². The van der Waals surface area contributed by atoms with Gasteiger partial charge in [0.2, 0.25) is 5.78 Å². The SMILES string of the molecule is COC(=O)c1nc(C(=O)c2cn(COCC[Si](C)(C)C)c3ccccc23)sc1N(C)C(=O)OC(C)(C)C. The number of amides is 1. The molecule has 0 fully saturated rings. The maximum atomic E-state index is 13.6. The number of ether oxygens (including phenoxy) is 3. The molecule has 0 aliphatic carbocycles. The Morgan fingerprint density at radius 3 is 2.43 bits per heavy atom. The maximum Gasteiger partial charge on any atom is 0.415 e. The molecule has 0 N–H and O–H groups in total. The summed E-state index contributed by atoms with van der Waals surface area (Å²) in [7, 11) is 1.46. The van der Waals surface area contributed by atoms with Crippen LogP contribution in [0.5, 0.6) is 0 Å². The van der Waals surface area contributed by atoms with Crippen LogP contribution in [-0.4, -0.2) is 61.8 Å². The third-order valence-corrected chi connectivity index (χ3v) is 8.25. The van der Waals surface area contributed by atoms with Crippen LogP contribution in [0.2, 0.25) is 25.7 Å². The van der Waals surface area contributed by atoms with Crippen molar-refractivity contribution < 1.29 is 28.6 Å². The molecule has 0 saturated heterocycles. The first-order valence-electron chi connectivity index (χ1n) is 12.0. The number of benzene rings is 1. The van der Waals surface area contributed by atoms with E-state index in [2.05, 4.69) is 24.6 Å². The fraction of sp³-hybridized carbons (Fsp3) is 0.462. The summed E-state index contributed by atoms with van der Waals surface area (Å²) in [6.07, 6.45) is 1.07. The number of aromatic nitrogens is 2. The van der Waals surface area contributed by atoms with Crippen molar-refractivity contribution in [3.05, 3.63) is 46.7 Å². The number of carbonyl (C=O) groups is 3. The number of fused-ring (bicyclic) bond motifs is 1. The summed E-state index contributed by atoms with van der Waals surface area (Å²) < 4.78 is 18.1. The quantitative estimate of drug-likeness (QED) is 0.145. The fourth-order valence-electron chi connectivity index (χ4n) is 3.47. The molecular weight excluding hydrogens is 510 g/mol. The van der Waals surface area contributed by atoms with Crippen LogP contribution in [0.4, 0.5) is 9.80 Å². The molecule has 3 rings (SSSR count). The molecule has 0 aliphatic heterocycles. The average Bonchev–Trinajstić information content (AvgIpc) is 3.41. The van der Waals surface area contributed by atoms with Crippen LogP contribution >= 0.6 is 11.3 Å². The van der Waals surface area contributed by atoms with E-state index in [1.165, 1.54) is 19.1 Å². The Hall–Kier alpha value is -3.02. The number of ketones is 1. The summed E-state index contributed by atoms with van der Waals surface area (Å²) in [6.45, 7) is 13.1. The van der Waals surface area contributed by atoms with Crippen molar-refractivity contribution in [1.82, 2.24) is 9.55 Å². The molecule has 11 heteroatoms. The molecule has 2 heterocycles. The topological polar surface area (TPSA) is 100.0 Å². The van der Waals surface area contributed by atoms with E-state index in [1.807, 2.05) is 28.8 Å². The van der Waals surface area contributed by atoms with Crippen LogP contribution in [0.15, 0.2) is 30.5 Å². The van der Waals surface area contributed by atoms with Gasteiger partial charge in [0.15, 0.2) is 10.7 Å². The van der Waals surface area contributed by atoms with Gasteiger partial charge in [-0.1, -0.05) is 49.2 Å².